The minimum atomic E-state index is -4.33. The summed E-state index contributed by atoms with van der Waals surface area (Å²) in [4.78, 5) is 11.9. The van der Waals surface area contributed by atoms with Gasteiger partial charge in [0.15, 0.2) is 0 Å². The molecule has 0 bridgehead atoms. The van der Waals surface area contributed by atoms with Crippen molar-refractivity contribution >= 4 is 5.91 Å². The Morgan fingerprint density at radius 2 is 2.00 bits per heavy atom. The Kier molecular flexibility index (Phi) is 4.70. The zero-order valence-electron chi connectivity index (χ0n) is 11.8. The molecule has 0 heterocycles. The van der Waals surface area contributed by atoms with Gasteiger partial charge in [0.05, 0.1) is 11.6 Å². The van der Waals surface area contributed by atoms with Gasteiger partial charge in [0.1, 0.15) is 0 Å². The number of halogens is 3. The molecule has 1 N–H and O–H groups in total. The Bertz CT molecular complexity index is 519. The molecule has 1 aliphatic rings. The molecule has 1 aromatic rings. The summed E-state index contributed by atoms with van der Waals surface area (Å²) in [5.74, 6) is 0.212. The fourth-order valence-electron chi connectivity index (χ4n) is 2.45. The second-order valence-electron chi connectivity index (χ2n) is 5.38. The van der Waals surface area contributed by atoms with E-state index in [2.05, 4.69) is 11.4 Å². The molecule has 0 fully saturated rings. The van der Waals surface area contributed by atoms with Crippen LogP contribution in [0, 0.1) is 5.92 Å². The van der Waals surface area contributed by atoms with Crippen LogP contribution in [0.1, 0.15) is 43.4 Å². The van der Waals surface area contributed by atoms with Crippen LogP contribution in [-0.2, 0) is 11.0 Å². The first kappa shape index (κ1) is 15.6. The summed E-state index contributed by atoms with van der Waals surface area (Å²) in [6, 6.07) is 4.59. The van der Waals surface area contributed by atoms with Crippen LogP contribution in [0.4, 0.5) is 13.2 Å². The van der Waals surface area contributed by atoms with E-state index in [1.165, 1.54) is 12.1 Å². The lowest BCUT2D eigenvalue weighted by atomic mass is 10.0. The third kappa shape index (κ3) is 4.34. The predicted molar refractivity (Wildman–Crippen MR) is 74.5 cm³/mol. The Labute approximate surface area is 122 Å². The van der Waals surface area contributed by atoms with E-state index in [0.717, 1.165) is 25.0 Å². The van der Waals surface area contributed by atoms with Gasteiger partial charge in [-0.25, -0.2) is 0 Å². The van der Waals surface area contributed by atoms with Crippen molar-refractivity contribution in [3.63, 3.8) is 0 Å². The van der Waals surface area contributed by atoms with Crippen molar-refractivity contribution in [1.29, 1.82) is 0 Å². The van der Waals surface area contributed by atoms with Gasteiger partial charge in [0.2, 0.25) is 5.91 Å². The standard InChI is InChI=1S/C16H18F3NO/c1-11(20-15(21)10-12-4-2-3-5-12)13-6-8-14(9-7-13)16(17,18)19/h2,4,6-9,11-12H,3,5,10H2,1H3,(H,20,21)/t11-,12-/m1/s1. The molecule has 1 aliphatic carbocycles. The van der Waals surface area contributed by atoms with E-state index >= 15 is 0 Å². The summed E-state index contributed by atoms with van der Waals surface area (Å²) in [5.41, 5.74) is -0.0146. The van der Waals surface area contributed by atoms with E-state index in [-0.39, 0.29) is 17.9 Å². The van der Waals surface area contributed by atoms with Crippen molar-refractivity contribution in [2.45, 2.75) is 38.4 Å². The Hall–Kier alpha value is -1.78. The fourth-order valence-corrected chi connectivity index (χ4v) is 2.45. The number of rotatable bonds is 4. The van der Waals surface area contributed by atoms with E-state index < -0.39 is 11.7 Å². The maximum absolute atomic E-state index is 12.5. The maximum atomic E-state index is 12.5. The van der Waals surface area contributed by atoms with Crippen molar-refractivity contribution < 1.29 is 18.0 Å². The predicted octanol–water partition coefficient (Wildman–Crippen LogP) is 4.24. The smallest absolute Gasteiger partial charge is 0.350 e. The quantitative estimate of drug-likeness (QED) is 0.828. The van der Waals surface area contributed by atoms with E-state index in [1.54, 1.807) is 6.92 Å². The minimum absolute atomic E-state index is 0.0704. The van der Waals surface area contributed by atoms with Crippen LogP contribution in [0.2, 0.25) is 0 Å². The van der Waals surface area contributed by atoms with Gasteiger partial charge in [-0.15, -0.1) is 0 Å². The molecule has 1 aromatic carbocycles. The normalized spacial score (nSPS) is 19.5. The zero-order chi connectivity index (χ0) is 15.5. The molecule has 0 aromatic heterocycles. The molecule has 0 spiro atoms. The molecule has 2 atom stereocenters. The summed E-state index contributed by atoms with van der Waals surface area (Å²) in [7, 11) is 0. The molecule has 0 saturated carbocycles. The van der Waals surface area contributed by atoms with Gasteiger partial charge >= 0.3 is 6.18 Å². The van der Waals surface area contributed by atoms with Crippen molar-refractivity contribution in [1.82, 2.24) is 5.32 Å². The highest BCUT2D eigenvalue weighted by molar-refractivity contribution is 5.77. The van der Waals surface area contributed by atoms with E-state index in [0.29, 0.717) is 12.0 Å². The summed E-state index contributed by atoms with van der Waals surface area (Å²) < 4.78 is 37.4. The topological polar surface area (TPSA) is 29.1 Å². The second-order valence-corrected chi connectivity index (χ2v) is 5.38. The molecule has 0 radical (unpaired) electrons. The number of amides is 1. The molecule has 0 aliphatic heterocycles. The number of carbonyl (C=O) groups is 1. The maximum Gasteiger partial charge on any atom is 0.416 e. The lowest BCUT2D eigenvalue weighted by Crippen LogP contribution is -2.27. The summed E-state index contributed by atoms with van der Waals surface area (Å²) in [6.07, 6.45) is 2.20. The second kappa shape index (κ2) is 6.33. The van der Waals surface area contributed by atoms with Gasteiger partial charge in [0.25, 0.3) is 0 Å². The summed E-state index contributed by atoms with van der Waals surface area (Å²) >= 11 is 0. The number of nitrogens with one attached hydrogen (secondary N) is 1. The molecular formula is C16H18F3NO. The molecule has 2 nitrogen and oxygen atoms in total. The summed E-state index contributed by atoms with van der Waals surface area (Å²) in [6.45, 7) is 1.77. The molecular weight excluding hydrogens is 279 g/mol. The highest BCUT2D eigenvalue weighted by Gasteiger charge is 2.30. The molecule has 21 heavy (non-hydrogen) atoms. The number of hydrogen-bond donors (Lipinski definition) is 1. The molecule has 0 unspecified atom stereocenters. The average molecular weight is 297 g/mol. The van der Waals surface area contributed by atoms with Gasteiger partial charge in [-0.05, 0) is 43.4 Å². The van der Waals surface area contributed by atoms with Crippen LogP contribution in [0.3, 0.4) is 0 Å². The van der Waals surface area contributed by atoms with Crippen molar-refractivity contribution in [3.05, 3.63) is 47.5 Å². The lowest BCUT2D eigenvalue weighted by Gasteiger charge is -2.16. The molecule has 2 rings (SSSR count). The Morgan fingerprint density at radius 3 is 2.52 bits per heavy atom. The monoisotopic (exact) mass is 297 g/mol. The van der Waals surface area contributed by atoms with E-state index in [1.807, 2.05) is 6.08 Å². The number of carbonyl (C=O) groups excluding carboxylic acids is 1. The first-order valence-electron chi connectivity index (χ1n) is 6.99. The van der Waals surface area contributed by atoms with Gasteiger partial charge in [-0.3, -0.25) is 4.79 Å². The van der Waals surface area contributed by atoms with E-state index in [9.17, 15) is 18.0 Å². The van der Waals surface area contributed by atoms with E-state index in [4.69, 9.17) is 0 Å². The lowest BCUT2D eigenvalue weighted by molar-refractivity contribution is -0.137. The van der Waals surface area contributed by atoms with Gasteiger partial charge in [0, 0.05) is 6.42 Å². The van der Waals surface area contributed by atoms with Gasteiger partial charge in [-0.1, -0.05) is 24.3 Å². The number of benzene rings is 1. The molecule has 0 saturated heterocycles. The minimum Gasteiger partial charge on any atom is -0.350 e. The Morgan fingerprint density at radius 1 is 1.33 bits per heavy atom. The van der Waals surface area contributed by atoms with Crippen LogP contribution in [0.15, 0.2) is 36.4 Å². The van der Waals surface area contributed by atoms with Crippen LogP contribution in [0.25, 0.3) is 0 Å². The zero-order valence-corrected chi connectivity index (χ0v) is 11.8. The Balaban J connectivity index is 1.91. The number of hydrogen-bond acceptors (Lipinski definition) is 1. The largest absolute Gasteiger partial charge is 0.416 e. The number of allylic oxidation sites excluding steroid dienone is 2. The number of alkyl halides is 3. The first-order valence-corrected chi connectivity index (χ1v) is 6.99. The third-order valence-corrected chi connectivity index (χ3v) is 3.68. The van der Waals surface area contributed by atoms with Crippen molar-refractivity contribution in [3.8, 4) is 0 Å². The van der Waals surface area contributed by atoms with Crippen LogP contribution in [-0.4, -0.2) is 5.91 Å². The van der Waals surface area contributed by atoms with Crippen molar-refractivity contribution in [2.75, 3.05) is 0 Å². The first-order chi connectivity index (χ1) is 9.86. The van der Waals surface area contributed by atoms with Gasteiger partial charge < -0.3 is 5.32 Å². The SMILES string of the molecule is C[C@@H](NC(=O)C[C@@H]1C=CCC1)c1ccc(C(F)(F)F)cc1. The van der Waals surface area contributed by atoms with Crippen LogP contribution < -0.4 is 5.32 Å². The molecule has 5 heteroatoms. The third-order valence-electron chi connectivity index (χ3n) is 3.68. The van der Waals surface area contributed by atoms with Gasteiger partial charge in [-0.2, -0.15) is 13.2 Å². The average Bonchev–Trinajstić information content (AvgIpc) is 2.90. The molecule has 1 amide bonds. The van der Waals surface area contributed by atoms with Crippen LogP contribution >= 0.6 is 0 Å². The van der Waals surface area contributed by atoms with Crippen LogP contribution in [0.5, 0.6) is 0 Å². The highest BCUT2D eigenvalue weighted by atomic mass is 19.4. The molecule has 114 valence electrons. The van der Waals surface area contributed by atoms with Crippen molar-refractivity contribution in [2.24, 2.45) is 5.92 Å². The highest BCUT2D eigenvalue weighted by Crippen LogP contribution is 2.30. The fraction of sp³-hybridized carbons (Fsp3) is 0.438. The summed E-state index contributed by atoms with van der Waals surface area (Å²) in [5, 5.41) is 2.83.